The van der Waals surface area contributed by atoms with E-state index in [0.29, 0.717) is 0 Å². The molecule has 0 radical (unpaired) electrons. The highest BCUT2D eigenvalue weighted by Gasteiger charge is 2.25. The van der Waals surface area contributed by atoms with Crippen molar-refractivity contribution in [3.63, 3.8) is 0 Å². The summed E-state index contributed by atoms with van der Waals surface area (Å²) in [6.45, 7) is 0. The van der Waals surface area contributed by atoms with E-state index in [2.05, 4.69) is 156 Å². The molecule has 3 heteroatoms. The van der Waals surface area contributed by atoms with Gasteiger partial charge < -0.3 is 4.74 Å². The molecule has 0 unspecified atom stereocenters. The van der Waals surface area contributed by atoms with Gasteiger partial charge in [-0.1, -0.05) is 140 Å². The van der Waals surface area contributed by atoms with Gasteiger partial charge in [-0.3, -0.25) is 4.57 Å². The van der Waals surface area contributed by atoms with Crippen molar-refractivity contribution in [2.45, 2.75) is 0 Å². The van der Waals surface area contributed by atoms with Crippen molar-refractivity contribution in [2.24, 2.45) is 0 Å². The van der Waals surface area contributed by atoms with Crippen molar-refractivity contribution in [1.29, 1.82) is 0 Å². The number of para-hydroxylation sites is 1. The summed E-state index contributed by atoms with van der Waals surface area (Å²) in [5, 5.41) is 4.96. The van der Waals surface area contributed by atoms with Crippen molar-refractivity contribution >= 4 is 32.6 Å². The van der Waals surface area contributed by atoms with Crippen LogP contribution in [0.3, 0.4) is 0 Å². The van der Waals surface area contributed by atoms with E-state index in [9.17, 15) is 0 Å². The number of hydrogen-bond donors (Lipinski definition) is 0. The molecule has 2 heterocycles. The van der Waals surface area contributed by atoms with Crippen molar-refractivity contribution < 1.29 is 4.74 Å². The Hall–Kier alpha value is -6.45. The Morgan fingerprint density at radius 2 is 0.958 bits per heavy atom. The fourth-order valence-corrected chi connectivity index (χ4v) is 7.46. The first-order valence-electron chi connectivity index (χ1n) is 16.3. The number of ether oxygens (including phenoxy) is 1. The zero-order valence-corrected chi connectivity index (χ0v) is 26.0. The minimum Gasteiger partial charge on any atom is -0.453 e. The van der Waals surface area contributed by atoms with Gasteiger partial charge in [0.1, 0.15) is 11.3 Å². The lowest BCUT2D eigenvalue weighted by atomic mass is 9.85. The van der Waals surface area contributed by atoms with Crippen LogP contribution in [-0.4, -0.2) is 9.55 Å². The first kappa shape index (κ1) is 26.7. The standard InChI is InChI=1S/C45H28N2O/c1-4-13-29(14-5-1)42-34-19-10-11-20-35(34)43(30-15-6-2-7-16-30)37-27-32(23-25-36(37)42)33-24-26-39-41(28-33)48-40-22-12-21-38-44(40)47(39)45(46-38)31-17-8-3-9-18-31/h1-28H. The van der Waals surface area contributed by atoms with Crippen LogP contribution in [0.4, 0.5) is 0 Å². The first-order chi connectivity index (χ1) is 23.8. The molecule has 48 heavy (non-hydrogen) atoms. The fraction of sp³-hybridized carbons (Fsp3) is 0. The molecule has 224 valence electrons. The molecule has 1 aliphatic rings. The van der Waals surface area contributed by atoms with Gasteiger partial charge in [-0.05, 0) is 85.3 Å². The smallest absolute Gasteiger partial charge is 0.153 e. The average molecular weight is 613 g/mol. The summed E-state index contributed by atoms with van der Waals surface area (Å²) in [5.41, 5.74) is 11.1. The lowest BCUT2D eigenvalue weighted by molar-refractivity contribution is 0.476. The maximum atomic E-state index is 6.62. The Balaban J connectivity index is 1.21. The van der Waals surface area contributed by atoms with Crippen LogP contribution in [0, 0.1) is 0 Å². The molecular weight excluding hydrogens is 585 g/mol. The van der Waals surface area contributed by atoms with Crippen LogP contribution in [0.25, 0.3) is 83.0 Å². The molecule has 10 rings (SSSR count). The van der Waals surface area contributed by atoms with Gasteiger partial charge in [-0.25, -0.2) is 4.98 Å². The summed E-state index contributed by atoms with van der Waals surface area (Å²) in [6, 6.07) is 60.3. The fourth-order valence-electron chi connectivity index (χ4n) is 7.46. The molecule has 8 aromatic carbocycles. The molecule has 0 N–H and O–H groups in total. The van der Waals surface area contributed by atoms with Crippen molar-refractivity contribution in [1.82, 2.24) is 9.55 Å². The summed E-state index contributed by atoms with van der Waals surface area (Å²) in [6.07, 6.45) is 0. The van der Waals surface area contributed by atoms with Crippen LogP contribution in [-0.2, 0) is 0 Å². The van der Waals surface area contributed by atoms with E-state index < -0.39 is 0 Å². The topological polar surface area (TPSA) is 27.1 Å². The van der Waals surface area contributed by atoms with E-state index in [0.717, 1.165) is 50.7 Å². The summed E-state index contributed by atoms with van der Waals surface area (Å²) in [7, 11) is 0. The van der Waals surface area contributed by atoms with Crippen molar-refractivity contribution in [2.75, 3.05) is 0 Å². The van der Waals surface area contributed by atoms with Gasteiger partial charge in [0.15, 0.2) is 11.5 Å². The zero-order chi connectivity index (χ0) is 31.6. The molecular formula is C45H28N2O. The maximum absolute atomic E-state index is 6.62. The monoisotopic (exact) mass is 612 g/mol. The minimum atomic E-state index is 0.814. The van der Waals surface area contributed by atoms with Gasteiger partial charge in [-0.2, -0.15) is 0 Å². The highest BCUT2D eigenvalue weighted by atomic mass is 16.5. The van der Waals surface area contributed by atoms with Crippen LogP contribution in [0.5, 0.6) is 11.5 Å². The average Bonchev–Trinajstić information content (AvgIpc) is 3.55. The molecule has 0 bridgehead atoms. The molecule has 0 saturated carbocycles. The second-order valence-electron chi connectivity index (χ2n) is 12.3. The number of rotatable bonds is 4. The third kappa shape index (κ3) is 4.04. The highest BCUT2D eigenvalue weighted by Crippen LogP contribution is 2.47. The molecule has 1 aromatic heterocycles. The zero-order valence-electron chi connectivity index (χ0n) is 26.0. The largest absolute Gasteiger partial charge is 0.453 e. The Labute approximate surface area is 278 Å². The number of aromatic nitrogens is 2. The second-order valence-corrected chi connectivity index (χ2v) is 12.3. The summed E-state index contributed by atoms with van der Waals surface area (Å²) >= 11 is 0. The molecule has 0 atom stereocenters. The Bertz CT molecular complexity index is 2680. The van der Waals surface area contributed by atoms with E-state index in [1.54, 1.807) is 0 Å². The Morgan fingerprint density at radius 1 is 0.396 bits per heavy atom. The molecule has 0 saturated heterocycles. The summed E-state index contributed by atoms with van der Waals surface area (Å²) in [4.78, 5) is 5.05. The lowest BCUT2D eigenvalue weighted by Gasteiger charge is -2.22. The van der Waals surface area contributed by atoms with E-state index >= 15 is 0 Å². The highest BCUT2D eigenvalue weighted by molar-refractivity contribution is 6.22. The number of imidazole rings is 1. The minimum absolute atomic E-state index is 0.814. The third-order valence-electron chi connectivity index (χ3n) is 9.57. The van der Waals surface area contributed by atoms with Crippen LogP contribution in [0.15, 0.2) is 170 Å². The SMILES string of the molecule is c1ccc(-c2c3ccccc3c(-c3ccccc3)c3cc(-c4ccc5c(c4)Oc4cccc6nc(-c7ccccc7)n-5c46)ccc23)cc1. The van der Waals surface area contributed by atoms with Crippen LogP contribution >= 0.6 is 0 Å². The molecule has 0 fully saturated rings. The van der Waals surface area contributed by atoms with Gasteiger partial charge in [-0.15, -0.1) is 0 Å². The van der Waals surface area contributed by atoms with E-state index in [4.69, 9.17) is 9.72 Å². The second kappa shape index (κ2) is 10.5. The van der Waals surface area contributed by atoms with E-state index in [-0.39, 0.29) is 0 Å². The number of fused-ring (bicyclic) bond motifs is 4. The van der Waals surface area contributed by atoms with E-state index in [1.807, 2.05) is 18.2 Å². The van der Waals surface area contributed by atoms with Gasteiger partial charge >= 0.3 is 0 Å². The molecule has 9 aromatic rings. The lowest BCUT2D eigenvalue weighted by Crippen LogP contribution is -2.06. The molecule has 0 aliphatic carbocycles. The predicted octanol–water partition coefficient (Wildman–Crippen LogP) is 12.1. The Kier molecular flexibility index (Phi) is 5.87. The quantitative estimate of drug-likeness (QED) is 0.185. The molecule has 3 nitrogen and oxygen atoms in total. The van der Waals surface area contributed by atoms with E-state index in [1.165, 1.54) is 43.8 Å². The maximum Gasteiger partial charge on any atom is 0.153 e. The van der Waals surface area contributed by atoms with Crippen molar-refractivity contribution in [3.8, 4) is 62.0 Å². The van der Waals surface area contributed by atoms with Crippen molar-refractivity contribution in [3.05, 3.63) is 170 Å². The van der Waals surface area contributed by atoms with Crippen LogP contribution < -0.4 is 4.74 Å². The molecule has 0 spiro atoms. The Morgan fingerprint density at radius 3 is 1.65 bits per heavy atom. The van der Waals surface area contributed by atoms with Gasteiger partial charge in [0.25, 0.3) is 0 Å². The molecule has 1 aliphatic heterocycles. The van der Waals surface area contributed by atoms with Crippen LogP contribution in [0.2, 0.25) is 0 Å². The number of nitrogens with zero attached hydrogens (tertiary/aromatic N) is 2. The summed E-state index contributed by atoms with van der Waals surface area (Å²) < 4.78 is 8.86. The van der Waals surface area contributed by atoms with Gasteiger partial charge in [0, 0.05) is 5.56 Å². The normalized spacial score (nSPS) is 11.9. The van der Waals surface area contributed by atoms with Gasteiger partial charge in [0.2, 0.25) is 0 Å². The first-order valence-corrected chi connectivity index (χ1v) is 16.3. The number of hydrogen-bond acceptors (Lipinski definition) is 2. The third-order valence-corrected chi connectivity index (χ3v) is 9.57. The number of benzene rings is 8. The van der Waals surface area contributed by atoms with Crippen LogP contribution in [0.1, 0.15) is 0 Å². The summed E-state index contributed by atoms with van der Waals surface area (Å²) in [5.74, 6) is 2.54. The van der Waals surface area contributed by atoms with Gasteiger partial charge in [0.05, 0.1) is 11.2 Å². The predicted molar refractivity (Wildman–Crippen MR) is 198 cm³/mol. The molecule has 0 amide bonds.